The Labute approximate surface area is 65.5 Å². The highest BCUT2D eigenvalue weighted by Crippen LogP contribution is 2.09. The summed E-state index contributed by atoms with van der Waals surface area (Å²) in [4.78, 5) is -0.671. The molecule has 0 spiro atoms. The molecule has 0 aromatic carbocycles. The van der Waals surface area contributed by atoms with Gasteiger partial charge in [-0.1, -0.05) is 0 Å². The van der Waals surface area contributed by atoms with E-state index in [0.717, 1.165) is 0 Å². The highest BCUT2D eigenvalue weighted by molar-refractivity contribution is 7.83. The molecule has 0 fully saturated rings. The molecule has 6 heteroatoms. The zero-order chi connectivity index (χ0) is 8.41. The monoisotopic (exact) mass is 187 g/mol. The molecular weight excluding hydrogens is 178 g/mol. The summed E-state index contributed by atoms with van der Waals surface area (Å²) in [7, 11) is -4.09. The van der Waals surface area contributed by atoms with Crippen LogP contribution < -0.4 is 4.72 Å². The second kappa shape index (κ2) is 3.04. The van der Waals surface area contributed by atoms with Gasteiger partial charge in [-0.15, -0.1) is 11.6 Å². The largest absolute Gasteiger partial charge is 0.333 e. The molecule has 0 aliphatic rings. The Balaban J connectivity index is 3.79. The van der Waals surface area contributed by atoms with Crippen LogP contribution in [0.25, 0.3) is 0 Å². The summed E-state index contributed by atoms with van der Waals surface area (Å²) in [6, 6.07) is 0. The van der Waals surface area contributed by atoms with Gasteiger partial charge in [0.05, 0.1) is 4.87 Å². The summed E-state index contributed by atoms with van der Waals surface area (Å²) in [5.41, 5.74) is 0. The molecular formula is C4H10ClNO3S. The molecule has 0 saturated carbocycles. The lowest BCUT2D eigenvalue weighted by atomic mass is 10.2. The molecule has 62 valence electrons. The first kappa shape index (κ1) is 10.2. The lowest BCUT2D eigenvalue weighted by Crippen LogP contribution is -2.34. The third-order valence-corrected chi connectivity index (χ3v) is 1.32. The molecule has 2 N–H and O–H groups in total. The van der Waals surface area contributed by atoms with Gasteiger partial charge in [0.1, 0.15) is 0 Å². The molecule has 0 aromatic rings. The van der Waals surface area contributed by atoms with Crippen molar-refractivity contribution in [2.45, 2.75) is 18.7 Å². The molecule has 0 radical (unpaired) electrons. The van der Waals surface area contributed by atoms with Gasteiger partial charge in [-0.3, -0.25) is 4.55 Å². The Kier molecular flexibility index (Phi) is 3.09. The molecule has 0 saturated heterocycles. The SMILES string of the molecule is CC(C)(Cl)CNS(=O)(=O)O. The van der Waals surface area contributed by atoms with Crippen LogP contribution in [0.4, 0.5) is 0 Å². The normalized spacial score (nSPS) is 13.6. The molecule has 0 aliphatic carbocycles. The smallest absolute Gasteiger partial charge is 0.273 e. The van der Waals surface area contributed by atoms with Crippen LogP contribution in [0.2, 0.25) is 0 Å². The van der Waals surface area contributed by atoms with E-state index >= 15 is 0 Å². The maximum Gasteiger partial charge on any atom is 0.333 e. The van der Waals surface area contributed by atoms with E-state index in [4.69, 9.17) is 16.2 Å². The predicted molar refractivity (Wildman–Crippen MR) is 39.5 cm³/mol. The second-order valence-electron chi connectivity index (χ2n) is 2.51. The van der Waals surface area contributed by atoms with Crippen LogP contribution in [0.15, 0.2) is 0 Å². The van der Waals surface area contributed by atoms with Crippen LogP contribution in [-0.4, -0.2) is 24.4 Å². The van der Waals surface area contributed by atoms with E-state index in [-0.39, 0.29) is 6.54 Å². The van der Waals surface area contributed by atoms with Gasteiger partial charge in [0, 0.05) is 6.54 Å². The fourth-order valence-electron chi connectivity index (χ4n) is 0.263. The van der Waals surface area contributed by atoms with Gasteiger partial charge in [-0.25, -0.2) is 0 Å². The first-order valence-corrected chi connectivity index (χ1v) is 4.43. The minimum Gasteiger partial charge on any atom is -0.273 e. The quantitative estimate of drug-likeness (QED) is 0.497. The number of halogens is 1. The van der Waals surface area contributed by atoms with Crippen LogP contribution >= 0.6 is 11.6 Å². The predicted octanol–water partition coefficient (Wildman–Crippen LogP) is 0.396. The number of alkyl halides is 1. The number of hydrogen-bond donors (Lipinski definition) is 2. The van der Waals surface area contributed by atoms with Gasteiger partial charge in [0.15, 0.2) is 0 Å². The summed E-state index contributed by atoms with van der Waals surface area (Å²) in [5.74, 6) is 0. The number of hydrogen-bond acceptors (Lipinski definition) is 2. The van der Waals surface area contributed by atoms with Gasteiger partial charge in [-0.2, -0.15) is 13.1 Å². The molecule has 0 heterocycles. The fraction of sp³-hybridized carbons (Fsp3) is 1.00. The first-order chi connectivity index (χ1) is 4.21. The van der Waals surface area contributed by atoms with Crippen LogP contribution in [0, 0.1) is 0 Å². The van der Waals surface area contributed by atoms with Crippen molar-refractivity contribution >= 4 is 21.9 Å². The molecule has 0 aliphatic heterocycles. The van der Waals surface area contributed by atoms with E-state index in [1.165, 1.54) is 0 Å². The van der Waals surface area contributed by atoms with Crippen molar-refractivity contribution in [1.29, 1.82) is 0 Å². The molecule has 0 aromatic heterocycles. The third kappa shape index (κ3) is 8.16. The van der Waals surface area contributed by atoms with Gasteiger partial charge < -0.3 is 0 Å². The maximum absolute atomic E-state index is 10.1. The zero-order valence-electron chi connectivity index (χ0n) is 5.76. The van der Waals surface area contributed by atoms with Crippen molar-refractivity contribution in [2.75, 3.05) is 6.54 Å². The standard InChI is InChI=1S/C4H10ClNO3S/c1-4(2,5)3-6-10(7,8)9/h6H,3H2,1-2H3,(H,7,8,9). The summed E-state index contributed by atoms with van der Waals surface area (Å²) in [6.07, 6.45) is 0. The second-order valence-corrected chi connectivity index (χ2v) is 4.78. The maximum atomic E-state index is 10.1. The molecule has 0 unspecified atom stereocenters. The average Bonchev–Trinajstić information content (AvgIpc) is 1.57. The van der Waals surface area contributed by atoms with Gasteiger partial charge in [0.2, 0.25) is 0 Å². The Morgan fingerprint density at radius 1 is 1.60 bits per heavy atom. The number of rotatable bonds is 3. The van der Waals surface area contributed by atoms with Crippen LogP contribution in [0.5, 0.6) is 0 Å². The van der Waals surface area contributed by atoms with Crippen LogP contribution in [0.1, 0.15) is 13.8 Å². The summed E-state index contributed by atoms with van der Waals surface area (Å²) >= 11 is 5.60. The Hall–Kier alpha value is 0.160. The zero-order valence-corrected chi connectivity index (χ0v) is 7.33. The van der Waals surface area contributed by atoms with E-state index < -0.39 is 15.2 Å². The van der Waals surface area contributed by atoms with Gasteiger partial charge >= 0.3 is 10.3 Å². The van der Waals surface area contributed by atoms with E-state index in [1.807, 2.05) is 4.72 Å². The van der Waals surface area contributed by atoms with Crippen molar-refractivity contribution in [3.8, 4) is 0 Å². The average molecular weight is 188 g/mol. The molecule has 0 amide bonds. The van der Waals surface area contributed by atoms with Crippen molar-refractivity contribution in [3.05, 3.63) is 0 Å². The summed E-state index contributed by atoms with van der Waals surface area (Å²) < 4.78 is 30.2. The topological polar surface area (TPSA) is 66.4 Å². The van der Waals surface area contributed by atoms with E-state index in [2.05, 4.69) is 0 Å². The van der Waals surface area contributed by atoms with Crippen LogP contribution in [-0.2, 0) is 10.3 Å². The van der Waals surface area contributed by atoms with E-state index in [9.17, 15) is 8.42 Å². The number of nitrogens with one attached hydrogen (secondary N) is 1. The van der Waals surface area contributed by atoms with E-state index in [0.29, 0.717) is 0 Å². The lowest BCUT2D eigenvalue weighted by Gasteiger charge is -2.13. The fourth-order valence-corrected chi connectivity index (χ4v) is 0.952. The van der Waals surface area contributed by atoms with Gasteiger partial charge in [0.25, 0.3) is 0 Å². The minimum absolute atomic E-state index is 0.00733. The molecule has 4 nitrogen and oxygen atoms in total. The van der Waals surface area contributed by atoms with Crippen LogP contribution in [0.3, 0.4) is 0 Å². The van der Waals surface area contributed by atoms with Gasteiger partial charge in [-0.05, 0) is 13.8 Å². The third-order valence-electron chi connectivity index (χ3n) is 0.675. The molecule has 0 bridgehead atoms. The molecule has 0 rings (SSSR count). The van der Waals surface area contributed by atoms with E-state index in [1.54, 1.807) is 13.8 Å². The summed E-state index contributed by atoms with van der Waals surface area (Å²) in [6.45, 7) is 3.27. The molecule has 10 heavy (non-hydrogen) atoms. The highest BCUT2D eigenvalue weighted by atomic mass is 35.5. The lowest BCUT2D eigenvalue weighted by molar-refractivity contribution is 0.462. The van der Waals surface area contributed by atoms with Crippen molar-refractivity contribution in [2.24, 2.45) is 0 Å². The molecule has 0 atom stereocenters. The first-order valence-electron chi connectivity index (χ1n) is 2.62. The van der Waals surface area contributed by atoms with Crippen molar-refractivity contribution < 1.29 is 13.0 Å². The summed E-state index contributed by atoms with van der Waals surface area (Å²) in [5, 5.41) is 0. The van der Waals surface area contributed by atoms with Crippen molar-refractivity contribution in [3.63, 3.8) is 0 Å². The highest BCUT2D eigenvalue weighted by Gasteiger charge is 2.15. The minimum atomic E-state index is -4.09. The van der Waals surface area contributed by atoms with Crippen molar-refractivity contribution in [1.82, 2.24) is 4.72 Å². The Bertz CT molecular complexity index is 193. The Morgan fingerprint density at radius 3 is 2.10 bits per heavy atom. The Morgan fingerprint density at radius 2 is 2.00 bits per heavy atom.